The molecule has 0 radical (unpaired) electrons. The second kappa shape index (κ2) is 4.36. The van der Waals surface area contributed by atoms with Crippen LogP contribution in [0.4, 0.5) is 0 Å². The standard InChI is InChI=1S/C17H11ClN2/c18-13-5-3-6-14(10-13)20-11-19-16-9-8-12-4-1-2-7-15(12)17(16)20/h1-11H. The smallest absolute Gasteiger partial charge is 0.100 e. The van der Waals surface area contributed by atoms with Gasteiger partial charge in [0.25, 0.3) is 0 Å². The van der Waals surface area contributed by atoms with E-state index in [0.717, 1.165) is 21.7 Å². The number of halogens is 1. The monoisotopic (exact) mass is 278 g/mol. The third-order valence-electron chi connectivity index (χ3n) is 3.52. The Hall–Kier alpha value is -2.32. The average Bonchev–Trinajstić information content (AvgIpc) is 2.91. The lowest BCUT2D eigenvalue weighted by Gasteiger charge is -2.07. The Balaban J connectivity index is 2.12. The van der Waals surface area contributed by atoms with Crippen molar-refractivity contribution in [2.75, 3.05) is 0 Å². The van der Waals surface area contributed by atoms with Gasteiger partial charge < -0.3 is 0 Å². The summed E-state index contributed by atoms with van der Waals surface area (Å²) in [5.74, 6) is 0. The Morgan fingerprint density at radius 2 is 1.80 bits per heavy atom. The van der Waals surface area contributed by atoms with Crippen molar-refractivity contribution in [2.45, 2.75) is 0 Å². The van der Waals surface area contributed by atoms with Crippen molar-refractivity contribution in [2.24, 2.45) is 0 Å². The summed E-state index contributed by atoms with van der Waals surface area (Å²) in [6.07, 6.45) is 1.85. The zero-order valence-electron chi connectivity index (χ0n) is 10.6. The van der Waals surface area contributed by atoms with Crippen LogP contribution in [-0.2, 0) is 0 Å². The maximum Gasteiger partial charge on any atom is 0.100 e. The molecule has 0 unspecified atom stereocenters. The summed E-state index contributed by atoms with van der Waals surface area (Å²) in [5, 5.41) is 3.14. The average molecular weight is 279 g/mol. The van der Waals surface area contributed by atoms with Crippen LogP contribution >= 0.6 is 11.6 Å². The van der Waals surface area contributed by atoms with Crippen molar-refractivity contribution < 1.29 is 0 Å². The van der Waals surface area contributed by atoms with Gasteiger partial charge in [0.05, 0.1) is 11.0 Å². The molecule has 96 valence electrons. The van der Waals surface area contributed by atoms with Crippen LogP contribution in [0.3, 0.4) is 0 Å². The van der Waals surface area contributed by atoms with Crippen LogP contribution in [0, 0.1) is 0 Å². The van der Waals surface area contributed by atoms with Gasteiger partial charge in [-0.1, -0.05) is 48.0 Å². The van der Waals surface area contributed by atoms with Gasteiger partial charge in [0, 0.05) is 16.1 Å². The number of imidazole rings is 1. The van der Waals surface area contributed by atoms with Crippen LogP contribution in [0.15, 0.2) is 67.0 Å². The van der Waals surface area contributed by atoms with Crippen molar-refractivity contribution in [3.63, 3.8) is 0 Å². The topological polar surface area (TPSA) is 17.8 Å². The summed E-state index contributed by atoms with van der Waals surface area (Å²) in [6.45, 7) is 0. The van der Waals surface area contributed by atoms with Gasteiger partial charge in [-0.05, 0) is 29.7 Å². The number of hydrogen-bond acceptors (Lipinski definition) is 1. The Morgan fingerprint density at radius 1 is 0.900 bits per heavy atom. The highest BCUT2D eigenvalue weighted by Gasteiger charge is 2.08. The first-order valence-electron chi connectivity index (χ1n) is 6.44. The fourth-order valence-corrected chi connectivity index (χ4v) is 2.78. The second-order valence-corrected chi connectivity index (χ2v) is 5.19. The minimum Gasteiger partial charge on any atom is -0.298 e. The molecular formula is C17H11ClN2. The van der Waals surface area contributed by atoms with E-state index in [-0.39, 0.29) is 0 Å². The summed E-state index contributed by atoms with van der Waals surface area (Å²) < 4.78 is 2.09. The van der Waals surface area contributed by atoms with Crippen LogP contribution in [0.5, 0.6) is 0 Å². The summed E-state index contributed by atoms with van der Waals surface area (Å²) in [6, 6.07) is 20.3. The maximum atomic E-state index is 6.10. The lowest BCUT2D eigenvalue weighted by atomic mass is 10.1. The van der Waals surface area contributed by atoms with E-state index in [0.29, 0.717) is 0 Å². The summed E-state index contributed by atoms with van der Waals surface area (Å²) in [5.41, 5.74) is 3.13. The van der Waals surface area contributed by atoms with Crippen LogP contribution in [0.2, 0.25) is 5.02 Å². The van der Waals surface area contributed by atoms with Crippen LogP contribution < -0.4 is 0 Å². The van der Waals surface area contributed by atoms with Crippen molar-refractivity contribution >= 4 is 33.4 Å². The highest BCUT2D eigenvalue weighted by molar-refractivity contribution is 6.30. The van der Waals surface area contributed by atoms with Gasteiger partial charge in [0.1, 0.15) is 6.33 Å². The van der Waals surface area contributed by atoms with E-state index >= 15 is 0 Å². The molecule has 0 spiro atoms. The molecule has 0 aliphatic carbocycles. The van der Waals surface area contributed by atoms with E-state index in [1.807, 2.05) is 36.7 Å². The van der Waals surface area contributed by atoms with Gasteiger partial charge in [-0.2, -0.15) is 0 Å². The quantitative estimate of drug-likeness (QED) is 0.487. The van der Waals surface area contributed by atoms with Crippen LogP contribution in [-0.4, -0.2) is 9.55 Å². The van der Waals surface area contributed by atoms with Gasteiger partial charge in [-0.15, -0.1) is 0 Å². The minimum absolute atomic E-state index is 0.726. The molecule has 0 aliphatic heterocycles. The zero-order valence-corrected chi connectivity index (χ0v) is 11.4. The molecule has 0 saturated heterocycles. The number of hydrogen-bond donors (Lipinski definition) is 0. The number of aromatic nitrogens is 2. The normalized spacial score (nSPS) is 11.2. The number of nitrogens with zero attached hydrogens (tertiary/aromatic N) is 2. The van der Waals surface area contributed by atoms with Crippen LogP contribution in [0.25, 0.3) is 27.5 Å². The predicted octanol–water partition coefficient (Wildman–Crippen LogP) is 4.83. The van der Waals surface area contributed by atoms with E-state index < -0.39 is 0 Å². The fraction of sp³-hybridized carbons (Fsp3) is 0. The van der Waals surface area contributed by atoms with E-state index in [4.69, 9.17) is 11.6 Å². The summed E-state index contributed by atoms with van der Waals surface area (Å²) in [4.78, 5) is 4.49. The van der Waals surface area contributed by atoms with Gasteiger partial charge in [-0.25, -0.2) is 4.98 Å². The Kier molecular flexibility index (Phi) is 2.51. The predicted molar refractivity (Wildman–Crippen MR) is 83.6 cm³/mol. The molecule has 0 aliphatic rings. The molecule has 4 aromatic rings. The first kappa shape index (κ1) is 11.5. The molecule has 0 bridgehead atoms. The fourth-order valence-electron chi connectivity index (χ4n) is 2.60. The SMILES string of the molecule is Clc1cccc(-n2cnc3ccc4ccccc4c32)c1. The molecular weight excluding hydrogens is 268 g/mol. The maximum absolute atomic E-state index is 6.10. The minimum atomic E-state index is 0.726. The van der Waals surface area contributed by atoms with Crippen LogP contribution in [0.1, 0.15) is 0 Å². The van der Waals surface area contributed by atoms with Gasteiger partial charge in [0.2, 0.25) is 0 Å². The third kappa shape index (κ3) is 1.69. The van der Waals surface area contributed by atoms with Gasteiger partial charge in [-0.3, -0.25) is 4.57 Å². The molecule has 0 atom stereocenters. The summed E-state index contributed by atoms with van der Waals surface area (Å²) in [7, 11) is 0. The molecule has 0 N–H and O–H groups in total. The number of benzene rings is 3. The molecule has 1 heterocycles. The molecule has 4 rings (SSSR count). The largest absolute Gasteiger partial charge is 0.298 e. The summed E-state index contributed by atoms with van der Waals surface area (Å²) >= 11 is 6.10. The zero-order chi connectivity index (χ0) is 13.5. The van der Waals surface area contributed by atoms with Crippen molar-refractivity contribution in [1.82, 2.24) is 9.55 Å². The first-order chi connectivity index (χ1) is 9.83. The molecule has 3 aromatic carbocycles. The Morgan fingerprint density at radius 3 is 2.70 bits per heavy atom. The molecule has 2 nitrogen and oxygen atoms in total. The van der Waals surface area contributed by atoms with E-state index in [1.54, 1.807) is 0 Å². The molecule has 0 fully saturated rings. The number of rotatable bonds is 1. The third-order valence-corrected chi connectivity index (χ3v) is 3.75. The molecule has 0 saturated carbocycles. The van der Waals surface area contributed by atoms with E-state index in [9.17, 15) is 0 Å². The lowest BCUT2D eigenvalue weighted by molar-refractivity contribution is 1.10. The van der Waals surface area contributed by atoms with E-state index in [1.165, 1.54) is 10.8 Å². The molecule has 20 heavy (non-hydrogen) atoms. The molecule has 3 heteroatoms. The Labute approximate surface area is 121 Å². The van der Waals surface area contributed by atoms with Crippen molar-refractivity contribution in [3.05, 3.63) is 72.0 Å². The second-order valence-electron chi connectivity index (χ2n) is 4.75. The highest BCUT2D eigenvalue weighted by atomic mass is 35.5. The van der Waals surface area contributed by atoms with E-state index in [2.05, 4.69) is 39.9 Å². The Bertz CT molecular complexity index is 924. The van der Waals surface area contributed by atoms with Crippen molar-refractivity contribution in [1.29, 1.82) is 0 Å². The molecule has 0 amide bonds. The number of fused-ring (bicyclic) bond motifs is 3. The first-order valence-corrected chi connectivity index (χ1v) is 6.81. The van der Waals surface area contributed by atoms with Crippen molar-refractivity contribution in [3.8, 4) is 5.69 Å². The van der Waals surface area contributed by atoms with Gasteiger partial charge in [0.15, 0.2) is 0 Å². The lowest BCUT2D eigenvalue weighted by Crippen LogP contribution is -1.92. The highest BCUT2D eigenvalue weighted by Crippen LogP contribution is 2.27. The molecule has 1 aromatic heterocycles. The van der Waals surface area contributed by atoms with Gasteiger partial charge >= 0.3 is 0 Å².